The van der Waals surface area contributed by atoms with Gasteiger partial charge in [-0.1, -0.05) is 46.0 Å². The van der Waals surface area contributed by atoms with Crippen LogP contribution in [-0.2, 0) is 0 Å². The van der Waals surface area contributed by atoms with Crippen molar-refractivity contribution in [1.29, 1.82) is 0 Å². The van der Waals surface area contributed by atoms with Gasteiger partial charge < -0.3 is 5.32 Å². The Morgan fingerprint density at radius 3 is 2.12 bits per heavy atom. The summed E-state index contributed by atoms with van der Waals surface area (Å²) in [6.45, 7) is 12.8. The SMILES string of the molecule is CC(C)CC(CNC(C)(C)C)C1CCCCC1. The van der Waals surface area contributed by atoms with Gasteiger partial charge in [-0.3, -0.25) is 0 Å². The third-order valence-corrected chi connectivity index (χ3v) is 3.99. The molecule has 17 heavy (non-hydrogen) atoms. The van der Waals surface area contributed by atoms with E-state index >= 15 is 0 Å². The molecule has 1 atom stereocenters. The molecule has 1 saturated carbocycles. The lowest BCUT2D eigenvalue weighted by Crippen LogP contribution is -2.41. The van der Waals surface area contributed by atoms with Gasteiger partial charge in [-0.25, -0.2) is 0 Å². The largest absolute Gasteiger partial charge is 0.312 e. The highest BCUT2D eigenvalue weighted by Gasteiger charge is 2.25. The smallest absolute Gasteiger partial charge is 0.00966 e. The van der Waals surface area contributed by atoms with Crippen LogP contribution < -0.4 is 5.32 Å². The highest BCUT2D eigenvalue weighted by Crippen LogP contribution is 2.33. The Morgan fingerprint density at radius 1 is 1.06 bits per heavy atom. The Labute approximate surface area is 109 Å². The predicted octanol–water partition coefficient (Wildman–Crippen LogP) is 4.62. The molecule has 1 aliphatic carbocycles. The normalized spacial score (nSPS) is 20.8. The fourth-order valence-electron chi connectivity index (χ4n) is 3.09. The van der Waals surface area contributed by atoms with Crippen LogP contribution in [0.15, 0.2) is 0 Å². The highest BCUT2D eigenvalue weighted by molar-refractivity contribution is 4.80. The third-order valence-electron chi connectivity index (χ3n) is 3.99. The maximum absolute atomic E-state index is 3.72. The lowest BCUT2D eigenvalue weighted by Gasteiger charge is -2.34. The van der Waals surface area contributed by atoms with Gasteiger partial charge in [0.15, 0.2) is 0 Å². The highest BCUT2D eigenvalue weighted by atomic mass is 14.9. The van der Waals surface area contributed by atoms with Gasteiger partial charge in [0.1, 0.15) is 0 Å². The van der Waals surface area contributed by atoms with E-state index < -0.39 is 0 Å². The molecule has 0 aliphatic heterocycles. The fourth-order valence-corrected chi connectivity index (χ4v) is 3.09. The van der Waals surface area contributed by atoms with E-state index in [1.54, 1.807) is 0 Å². The molecule has 1 fully saturated rings. The zero-order valence-corrected chi connectivity index (χ0v) is 12.7. The molecular weight excluding hydrogens is 206 g/mol. The maximum Gasteiger partial charge on any atom is 0.00966 e. The molecule has 0 heterocycles. The van der Waals surface area contributed by atoms with Crippen molar-refractivity contribution in [2.45, 2.75) is 78.7 Å². The summed E-state index contributed by atoms with van der Waals surface area (Å²) in [7, 11) is 0. The molecule has 0 aromatic heterocycles. The van der Waals surface area contributed by atoms with Crippen LogP contribution in [0.4, 0.5) is 0 Å². The molecule has 1 unspecified atom stereocenters. The molecule has 0 amide bonds. The van der Waals surface area contributed by atoms with E-state index in [0.717, 1.165) is 17.8 Å². The first kappa shape index (κ1) is 15.0. The molecule has 0 spiro atoms. The topological polar surface area (TPSA) is 12.0 Å². The van der Waals surface area contributed by atoms with Crippen LogP contribution in [0.2, 0.25) is 0 Å². The van der Waals surface area contributed by atoms with E-state index in [4.69, 9.17) is 0 Å². The molecule has 1 nitrogen and oxygen atoms in total. The summed E-state index contributed by atoms with van der Waals surface area (Å²) in [5, 5.41) is 3.72. The first-order valence-electron chi connectivity index (χ1n) is 7.63. The van der Waals surface area contributed by atoms with Crippen LogP contribution in [0.1, 0.15) is 73.1 Å². The molecule has 102 valence electrons. The second kappa shape index (κ2) is 6.78. The molecule has 1 rings (SSSR count). The third kappa shape index (κ3) is 6.45. The van der Waals surface area contributed by atoms with Crippen molar-refractivity contribution in [3.05, 3.63) is 0 Å². The van der Waals surface area contributed by atoms with E-state index in [0.29, 0.717) is 0 Å². The first-order valence-corrected chi connectivity index (χ1v) is 7.63. The Hall–Kier alpha value is -0.0400. The van der Waals surface area contributed by atoms with Gasteiger partial charge in [0.05, 0.1) is 0 Å². The van der Waals surface area contributed by atoms with Gasteiger partial charge in [-0.05, 0) is 51.5 Å². The number of rotatable bonds is 5. The van der Waals surface area contributed by atoms with Crippen LogP contribution in [0, 0.1) is 17.8 Å². The summed E-state index contributed by atoms with van der Waals surface area (Å²) in [4.78, 5) is 0. The molecule has 0 saturated heterocycles. The first-order chi connectivity index (χ1) is 7.88. The molecule has 0 radical (unpaired) electrons. The second-order valence-corrected chi connectivity index (χ2v) is 7.42. The Morgan fingerprint density at radius 2 is 1.65 bits per heavy atom. The van der Waals surface area contributed by atoms with Crippen molar-refractivity contribution < 1.29 is 0 Å². The number of hydrogen-bond acceptors (Lipinski definition) is 1. The maximum atomic E-state index is 3.72. The Bertz CT molecular complexity index is 196. The van der Waals surface area contributed by atoms with Crippen molar-refractivity contribution in [2.24, 2.45) is 17.8 Å². The van der Waals surface area contributed by atoms with Crippen molar-refractivity contribution in [3.63, 3.8) is 0 Å². The van der Waals surface area contributed by atoms with Crippen molar-refractivity contribution in [1.82, 2.24) is 5.32 Å². The van der Waals surface area contributed by atoms with Gasteiger partial charge in [-0.2, -0.15) is 0 Å². The van der Waals surface area contributed by atoms with E-state index in [1.165, 1.54) is 45.1 Å². The van der Waals surface area contributed by atoms with Crippen LogP contribution in [0.3, 0.4) is 0 Å². The number of nitrogens with one attached hydrogen (secondary N) is 1. The van der Waals surface area contributed by atoms with E-state index in [1.807, 2.05) is 0 Å². The Kier molecular flexibility index (Phi) is 5.99. The van der Waals surface area contributed by atoms with E-state index in [-0.39, 0.29) is 5.54 Å². The molecule has 1 heteroatoms. The van der Waals surface area contributed by atoms with Crippen LogP contribution in [0.25, 0.3) is 0 Å². The second-order valence-electron chi connectivity index (χ2n) is 7.42. The van der Waals surface area contributed by atoms with Gasteiger partial charge in [0.25, 0.3) is 0 Å². The lowest BCUT2D eigenvalue weighted by atomic mass is 9.76. The summed E-state index contributed by atoms with van der Waals surface area (Å²) in [5.41, 5.74) is 0.268. The molecular formula is C16H33N. The summed E-state index contributed by atoms with van der Waals surface area (Å²) < 4.78 is 0. The fraction of sp³-hybridized carbons (Fsp3) is 1.00. The summed E-state index contributed by atoms with van der Waals surface area (Å²) >= 11 is 0. The van der Waals surface area contributed by atoms with E-state index in [9.17, 15) is 0 Å². The average molecular weight is 239 g/mol. The minimum Gasteiger partial charge on any atom is -0.312 e. The summed E-state index contributed by atoms with van der Waals surface area (Å²) in [6.07, 6.45) is 8.75. The van der Waals surface area contributed by atoms with Crippen LogP contribution in [-0.4, -0.2) is 12.1 Å². The van der Waals surface area contributed by atoms with Gasteiger partial charge in [0.2, 0.25) is 0 Å². The standard InChI is InChI=1S/C16H33N/c1-13(2)11-15(12-17-16(3,4)5)14-9-7-6-8-10-14/h13-15,17H,6-12H2,1-5H3. The summed E-state index contributed by atoms with van der Waals surface area (Å²) in [6, 6.07) is 0. The van der Waals surface area contributed by atoms with E-state index in [2.05, 4.69) is 39.9 Å². The minimum atomic E-state index is 0.268. The quantitative estimate of drug-likeness (QED) is 0.738. The van der Waals surface area contributed by atoms with Crippen LogP contribution >= 0.6 is 0 Å². The zero-order valence-electron chi connectivity index (χ0n) is 12.7. The lowest BCUT2D eigenvalue weighted by molar-refractivity contribution is 0.200. The molecule has 0 bridgehead atoms. The van der Waals surface area contributed by atoms with Gasteiger partial charge in [-0.15, -0.1) is 0 Å². The van der Waals surface area contributed by atoms with Gasteiger partial charge >= 0.3 is 0 Å². The molecule has 0 aromatic carbocycles. The predicted molar refractivity (Wildman–Crippen MR) is 77.3 cm³/mol. The summed E-state index contributed by atoms with van der Waals surface area (Å²) in [5.74, 6) is 2.72. The zero-order chi connectivity index (χ0) is 12.9. The Balaban J connectivity index is 2.46. The monoisotopic (exact) mass is 239 g/mol. The van der Waals surface area contributed by atoms with Crippen molar-refractivity contribution in [3.8, 4) is 0 Å². The number of hydrogen-bond donors (Lipinski definition) is 1. The molecule has 1 aliphatic rings. The van der Waals surface area contributed by atoms with Crippen LogP contribution in [0.5, 0.6) is 0 Å². The minimum absolute atomic E-state index is 0.268. The molecule has 0 aromatic rings. The molecule has 1 N–H and O–H groups in total. The average Bonchev–Trinajstić information content (AvgIpc) is 2.24. The van der Waals surface area contributed by atoms with Crippen molar-refractivity contribution >= 4 is 0 Å². The van der Waals surface area contributed by atoms with Crippen molar-refractivity contribution in [2.75, 3.05) is 6.54 Å². The van der Waals surface area contributed by atoms with Gasteiger partial charge in [0, 0.05) is 5.54 Å².